The van der Waals surface area contributed by atoms with Crippen molar-refractivity contribution in [2.24, 2.45) is 7.05 Å². The van der Waals surface area contributed by atoms with Gasteiger partial charge in [0.05, 0.1) is 29.0 Å². The van der Waals surface area contributed by atoms with Crippen LogP contribution in [-0.2, 0) is 7.05 Å². The number of hydrogen-bond donors (Lipinski definition) is 1. The number of aromatic nitrogens is 2. The standard InChI is InChI=1S/C15H20BrN3O/c1-4-8-20-12-7-5-6-11(9-12)14(17-2)15-13(16)10-18-19(15)3/h5-7,9-10,14,17H,4,8H2,1-3H3. The molecule has 0 aliphatic carbocycles. The van der Waals surface area contributed by atoms with Crippen LogP contribution < -0.4 is 10.1 Å². The van der Waals surface area contributed by atoms with E-state index in [2.05, 4.69) is 45.4 Å². The van der Waals surface area contributed by atoms with Crippen LogP contribution in [0.5, 0.6) is 5.75 Å². The average molecular weight is 338 g/mol. The Morgan fingerprint density at radius 3 is 2.85 bits per heavy atom. The molecule has 2 rings (SSSR count). The lowest BCUT2D eigenvalue weighted by atomic mass is 10.0. The molecule has 0 amide bonds. The summed E-state index contributed by atoms with van der Waals surface area (Å²) in [6.45, 7) is 2.84. The van der Waals surface area contributed by atoms with Crippen molar-refractivity contribution in [2.75, 3.05) is 13.7 Å². The van der Waals surface area contributed by atoms with Crippen molar-refractivity contribution in [1.82, 2.24) is 15.1 Å². The second kappa shape index (κ2) is 6.90. The van der Waals surface area contributed by atoms with Crippen molar-refractivity contribution in [3.8, 4) is 5.75 Å². The fourth-order valence-corrected chi connectivity index (χ4v) is 2.79. The van der Waals surface area contributed by atoms with Gasteiger partial charge in [-0.25, -0.2) is 0 Å². The van der Waals surface area contributed by atoms with Crippen molar-refractivity contribution < 1.29 is 4.74 Å². The molecule has 0 aliphatic heterocycles. The third kappa shape index (κ3) is 3.22. The summed E-state index contributed by atoms with van der Waals surface area (Å²) in [4.78, 5) is 0. The van der Waals surface area contributed by atoms with Gasteiger partial charge in [0.2, 0.25) is 0 Å². The highest BCUT2D eigenvalue weighted by molar-refractivity contribution is 9.10. The SMILES string of the molecule is CCCOc1cccc(C(NC)c2c(Br)cnn2C)c1. The number of aryl methyl sites for hydroxylation is 1. The fourth-order valence-electron chi connectivity index (χ4n) is 2.21. The predicted octanol–water partition coefficient (Wildman–Crippen LogP) is 3.28. The van der Waals surface area contributed by atoms with Crippen LogP contribution in [0.2, 0.25) is 0 Å². The summed E-state index contributed by atoms with van der Waals surface area (Å²) in [5.74, 6) is 0.905. The molecule has 108 valence electrons. The average Bonchev–Trinajstić information content (AvgIpc) is 2.79. The summed E-state index contributed by atoms with van der Waals surface area (Å²) in [7, 11) is 3.89. The van der Waals surface area contributed by atoms with E-state index in [4.69, 9.17) is 4.74 Å². The van der Waals surface area contributed by atoms with Crippen molar-refractivity contribution >= 4 is 15.9 Å². The van der Waals surface area contributed by atoms with Gasteiger partial charge >= 0.3 is 0 Å². The van der Waals surface area contributed by atoms with Crippen LogP contribution in [0.1, 0.15) is 30.6 Å². The topological polar surface area (TPSA) is 39.1 Å². The Hall–Kier alpha value is -1.33. The van der Waals surface area contributed by atoms with Crippen LogP contribution in [0, 0.1) is 0 Å². The fraction of sp³-hybridized carbons (Fsp3) is 0.400. The smallest absolute Gasteiger partial charge is 0.119 e. The van der Waals surface area contributed by atoms with Crippen LogP contribution in [0.3, 0.4) is 0 Å². The minimum atomic E-state index is 0.0713. The third-order valence-electron chi connectivity index (χ3n) is 3.16. The highest BCUT2D eigenvalue weighted by Gasteiger charge is 2.19. The third-order valence-corrected chi connectivity index (χ3v) is 3.77. The first-order chi connectivity index (χ1) is 9.67. The summed E-state index contributed by atoms with van der Waals surface area (Å²) in [5, 5.41) is 7.62. The monoisotopic (exact) mass is 337 g/mol. The minimum Gasteiger partial charge on any atom is -0.494 e. The van der Waals surface area contributed by atoms with E-state index in [1.807, 2.05) is 37.1 Å². The first-order valence-corrected chi connectivity index (χ1v) is 7.54. The highest BCUT2D eigenvalue weighted by Crippen LogP contribution is 2.29. The molecule has 1 aromatic heterocycles. The molecule has 20 heavy (non-hydrogen) atoms. The van der Waals surface area contributed by atoms with E-state index < -0.39 is 0 Å². The number of nitrogens with one attached hydrogen (secondary N) is 1. The summed E-state index contributed by atoms with van der Waals surface area (Å²) < 4.78 is 8.59. The van der Waals surface area contributed by atoms with E-state index in [0.717, 1.165) is 34.5 Å². The van der Waals surface area contributed by atoms with E-state index in [9.17, 15) is 0 Å². The van der Waals surface area contributed by atoms with Gasteiger partial charge in [-0.05, 0) is 47.1 Å². The van der Waals surface area contributed by atoms with Gasteiger partial charge in [0.1, 0.15) is 5.75 Å². The Kier molecular flexibility index (Phi) is 5.20. The van der Waals surface area contributed by atoms with Crippen molar-refractivity contribution in [3.63, 3.8) is 0 Å². The van der Waals surface area contributed by atoms with Gasteiger partial charge in [0.25, 0.3) is 0 Å². The molecule has 0 aliphatic rings. The van der Waals surface area contributed by atoms with Gasteiger partial charge in [-0.1, -0.05) is 19.1 Å². The molecule has 0 saturated heterocycles. The zero-order valence-electron chi connectivity index (χ0n) is 12.1. The van der Waals surface area contributed by atoms with Crippen molar-refractivity contribution in [2.45, 2.75) is 19.4 Å². The molecule has 2 aromatic rings. The molecule has 5 heteroatoms. The zero-order valence-corrected chi connectivity index (χ0v) is 13.6. The number of benzene rings is 1. The number of ether oxygens (including phenoxy) is 1. The van der Waals surface area contributed by atoms with E-state index in [1.165, 1.54) is 0 Å². The summed E-state index contributed by atoms with van der Waals surface area (Å²) >= 11 is 3.56. The maximum absolute atomic E-state index is 5.71. The van der Waals surface area contributed by atoms with E-state index in [0.29, 0.717) is 0 Å². The van der Waals surface area contributed by atoms with Crippen molar-refractivity contribution in [3.05, 3.63) is 46.2 Å². The Morgan fingerprint density at radius 2 is 2.25 bits per heavy atom. The molecule has 0 fully saturated rings. The van der Waals surface area contributed by atoms with Gasteiger partial charge in [-0.2, -0.15) is 5.10 Å². The van der Waals surface area contributed by atoms with E-state index >= 15 is 0 Å². The van der Waals surface area contributed by atoms with E-state index in [-0.39, 0.29) is 6.04 Å². The van der Waals surface area contributed by atoms with Gasteiger partial charge in [-0.15, -0.1) is 0 Å². The Morgan fingerprint density at radius 1 is 1.45 bits per heavy atom. The molecule has 0 bridgehead atoms. The van der Waals surface area contributed by atoms with Gasteiger partial charge < -0.3 is 10.1 Å². The first kappa shape index (κ1) is 15.1. The lowest BCUT2D eigenvalue weighted by Gasteiger charge is -2.18. The molecule has 1 heterocycles. The number of halogens is 1. The number of rotatable bonds is 6. The molecule has 1 aromatic carbocycles. The Labute approximate surface area is 128 Å². The second-order valence-electron chi connectivity index (χ2n) is 4.64. The van der Waals surface area contributed by atoms with Gasteiger partial charge in [0.15, 0.2) is 0 Å². The maximum atomic E-state index is 5.71. The van der Waals surface area contributed by atoms with Crippen LogP contribution in [-0.4, -0.2) is 23.4 Å². The normalized spacial score (nSPS) is 12.4. The molecule has 0 radical (unpaired) electrons. The van der Waals surface area contributed by atoms with E-state index in [1.54, 1.807) is 0 Å². The maximum Gasteiger partial charge on any atom is 0.119 e. The van der Waals surface area contributed by atoms with Gasteiger partial charge in [-0.3, -0.25) is 4.68 Å². The van der Waals surface area contributed by atoms with Crippen LogP contribution >= 0.6 is 15.9 Å². The van der Waals surface area contributed by atoms with Crippen LogP contribution in [0.4, 0.5) is 0 Å². The lowest BCUT2D eigenvalue weighted by molar-refractivity contribution is 0.317. The largest absolute Gasteiger partial charge is 0.494 e. The summed E-state index contributed by atoms with van der Waals surface area (Å²) in [6, 6.07) is 8.26. The molecule has 0 spiro atoms. The second-order valence-corrected chi connectivity index (χ2v) is 5.50. The Balaban J connectivity index is 2.32. The van der Waals surface area contributed by atoms with Crippen LogP contribution in [0.15, 0.2) is 34.9 Å². The highest BCUT2D eigenvalue weighted by atomic mass is 79.9. The first-order valence-electron chi connectivity index (χ1n) is 6.74. The molecule has 1 unspecified atom stereocenters. The molecule has 1 N–H and O–H groups in total. The summed E-state index contributed by atoms with van der Waals surface area (Å²) in [5.41, 5.74) is 2.26. The van der Waals surface area contributed by atoms with Crippen molar-refractivity contribution in [1.29, 1.82) is 0 Å². The quantitative estimate of drug-likeness (QED) is 0.879. The van der Waals surface area contributed by atoms with Crippen LogP contribution in [0.25, 0.3) is 0 Å². The molecule has 4 nitrogen and oxygen atoms in total. The molecular weight excluding hydrogens is 318 g/mol. The number of hydrogen-bond acceptors (Lipinski definition) is 3. The lowest BCUT2D eigenvalue weighted by Crippen LogP contribution is -2.21. The molecular formula is C15H20BrN3O. The van der Waals surface area contributed by atoms with Gasteiger partial charge in [0, 0.05) is 7.05 Å². The zero-order chi connectivity index (χ0) is 14.5. The number of nitrogens with zero attached hydrogens (tertiary/aromatic N) is 2. The molecule has 1 atom stereocenters. The predicted molar refractivity (Wildman–Crippen MR) is 84.0 cm³/mol. The molecule has 0 saturated carbocycles. The minimum absolute atomic E-state index is 0.0713. The summed E-state index contributed by atoms with van der Waals surface area (Å²) in [6.07, 6.45) is 2.82. The Bertz CT molecular complexity index is 548.